The first-order valence-corrected chi connectivity index (χ1v) is 9.01. The standard InChI is InChI=1S/C20H28N4O2/c1-6-23(13-19(25)21-14(2)3)20(26)12-18-15(4)22-24(16(18)5)17-10-8-7-9-11-17/h7-11,14H,6,12-13H2,1-5H3,(H,21,25). The molecule has 1 N–H and O–H groups in total. The first-order chi connectivity index (χ1) is 12.3. The Morgan fingerprint density at radius 2 is 1.85 bits per heavy atom. The van der Waals surface area contributed by atoms with Crippen LogP contribution in [0.3, 0.4) is 0 Å². The van der Waals surface area contributed by atoms with Gasteiger partial charge < -0.3 is 10.2 Å². The fourth-order valence-corrected chi connectivity index (χ4v) is 2.93. The molecule has 0 saturated carbocycles. The van der Waals surface area contributed by atoms with Crippen molar-refractivity contribution in [3.8, 4) is 5.69 Å². The number of likely N-dealkylation sites (N-methyl/N-ethyl adjacent to an activating group) is 1. The van der Waals surface area contributed by atoms with Gasteiger partial charge in [-0.2, -0.15) is 5.10 Å². The summed E-state index contributed by atoms with van der Waals surface area (Å²) in [6.07, 6.45) is 0.243. The zero-order valence-electron chi connectivity index (χ0n) is 16.2. The monoisotopic (exact) mass is 356 g/mol. The van der Waals surface area contributed by atoms with Gasteiger partial charge in [-0.1, -0.05) is 18.2 Å². The van der Waals surface area contributed by atoms with Crippen molar-refractivity contribution < 1.29 is 9.59 Å². The normalized spacial score (nSPS) is 10.8. The summed E-state index contributed by atoms with van der Waals surface area (Å²) in [7, 11) is 0. The lowest BCUT2D eigenvalue weighted by atomic mass is 10.1. The third-order valence-corrected chi connectivity index (χ3v) is 4.29. The molecule has 0 aliphatic carbocycles. The molecule has 0 fully saturated rings. The Bertz CT molecular complexity index is 766. The lowest BCUT2D eigenvalue weighted by Crippen LogP contribution is -2.43. The van der Waals surface area contributed by atoms with Gasteiger partial charge in [0.25, 0.3) is 0 Å². The van der Waals surface area contributed by atoms with Crippen LogP contribution >= 0.6 is 0 Å². The van der Waals surface area contributed by atoms with Gasteiger partial charge in [-0.3, -0.25) is 9.59 Å². The van der Waals surface area contributed by atoms with Crippen molar-refractivity contribution in [2.45, 2.75) is 47.1 Å². The lowest BCUT2D eigenvalue weighted by Gasteiger charge is -2.21. The van der Waals surface area contributed by atoms with Crippen molar-refractivity contribution in [1.82, 2.24) is 20.0 Å². The summed E-state index contributed by atoms with van der Waals surface area (Å²) in [5.41, 5.74) is 3.67. The van der Waals surface area contributed by atoms with Gasteiger partial charge in [0.1, 0.15) is 0 Å². The smallest absolute Gasteiger partial charge is 0.239 e. The Balaban J connectivity index is 2.15. The molecule has 6 nitrogen and oxygen atoms in total. The molecule has 2 aromatic rings. The molecule has 1 aromatic heterocycles. The molecule has 0 saturated heterocycles. The van der Waals surface area contributed by atoms with Crippen LogP contribution in [-0.4, -0.2) is 45.6 Å². The van der Waals surface area contributed by atoms with Crippen molar-refractivity contribution in [2.24, 2.45) is 0 Å². The lowest BCUT2D eigenvalue weighted by molar-refractivity contribution is -0.135. The minimum atomic E-state index is -0.136. The van der Waals surface area contributed by atoms with Crippen LogP contribution in [-0.2, 0) is 16.0 Å². The molecule has 0 spiro atoms. The van der Waals surface area contributed by atoms with Crippen LogP contribution in [0.5, 0.6) is 0 Å². The molecular formula is C20H28N4O2. The summed E-state index contributed by atoms with van der Waals surface area (Å²) in [5, 5.41) is 7.41. The minimum Gasteiger partial charge on any atom is -0.352 e. The summed E-state index contributed by atoms with van der Waals surface area (Å²) in [5.74, 6) is -0.200. The second kappa shape index (κ2) is 8.65. The first kappa shape index (κ1) is 19.7. The first-order valence-electron chi connectivity index (χ1n) is 9.01. The third-order valence-electron chi connectivity index (χ3n) is 4.29. The second-order valence-electron chi connectivity index (χ2n) is 6.70. The molecule has 0 bridgehead atoms. The zero-order valence-corrected chi connectivity index (χ0v) is 16.2. The largest absolute Gasteiger partial charge is 0.352 e. The molecule has 140 valence electrons. The van der Waals surface area contributed by atoms with Crippen LogP contribution in [0.15, 0.2) is 30.3 Å². The van der Waals surface area contributed by atoms with E-state index in [1.54, 1.807) is 4.90 Å². The Labute approximate surface area is 155 Å². The molecule has 0 aliphatic rings. The van der Waals surface area contributed by atoms with E-state index in [-0.39, 0.29) is 30.8 Å². The van der Waals surface area contributed by atoms with Crippen molar-refractivity contribution >= 4 is 11.8 Å². The van der Waals surface area contributed by atoms with Gasteiger partial charge in [0.05, 0.1) is 24.3 Å². The molecule has 6 heteroatoms. The highest BCUT2D eigenvalue weighted by Crippen LogP contribution is 2.19. The molecule has 26 heavy (non-hydrogen) atoms. The van der Waals surface area contributed by atoms with E-state index in [9.17, 15) is 9.59 Å². The van der Waals surface area contributed by atoms with Crippen molar-refractivity contribution in [2.75, 3.05) is 13.1 Å². The molecule has 0 radical (unpaired) electrons. The number of hydrogen-bond acceptors (Lipinski definition) is 3. The van der Waals surface area contributed by atoms with Gasteiger partial charge in [-0.25, -0.2) is 4.68 Å². The highest BCUT2D eigenvalue weighted by atomic mass is 16.2. The summed E-state index contributed by atoms with van der Waals surface area (Å²) in [6.45, 7) is 10.1. The predicted octanol–water partition coefficient (Wildman–Crippen LogP) is 2.40. The van der Waals surface area contributed by atoms with E-state index < -0.39 is 0 Å². The number of para-hydroxylation sites is 1. The quantitative estimate of drug-likeness (QED) is 0.828. The van der Waals surface area contributed by atoms with Crippen LogP contribution < -0.4 is 5.32 Å². The number of aryl methyl sites for hydroxylation is 1. The van der Waals surface area contributed by atoms with E-state index in [0.717, 1.165) is 22.6 Å². The number of rotatable bonds is 7. The van der Waals surface area contributed by atoms with Gasteiger partial charge >= 0.3 is 0 Å². The van der Waals surface area contributed by atoms with Gasteiger partial charge in [-0.05, 0) is 46.8 Å². The summed E-state index contributed by atoms with van der Waals surface area (Å²) in [6, 6.07) is 9.91. The average Bonchev–Trinajstić information content (AvgIpc) is 2.88. The average molecular weight is 356 g/mol. The molecule has 0 unspecified atom stereocenters. The highest BCUT2D eigenvalue weighted by Gasteiger charge is 2.21. The van der Waals surface area contributed by atoms with Crippen LogP contribution in [0.1, 0.15) is 37.7 Å². The van der Waals surface area contributed by atoms with Crippen LogP contribution in [0.4, 0.5) is 0 Å². The van der Waals surface area contributed by atoms with E-state index in [1.165, 1.54) is 0 Å². The van der Waals surface area contributed by atoms with Crippen LogP contribution in [0, 0.1) is 13.8 Å². The number of benzene rings is 1. The maximum Gasteiger partial charge on any atom is 0.239 e. The van der Waals surface area contributed by atoms with Crippen molar-refractivity contribution in [3.63, 3.8) is 0 Å². The molecular weight excluding hydrogens is 328 g/mol. The summed E-state index contributed by atoms with van der Waals surface area (Å²) < 4.78 is 1.86. The molecule has 0 aliphatic heterocycles. The highest BCUT2D eigenvalue weighted by molar-refractivity contribution is 5.86. The van der Waals surface area contributed by atoms with Crippen molar-refractivity contribution in [1.29, 1.82) is 0 Å². The molecule has 1 heterocycles. The predicted molar refractivity (Wildman–Crippen MR) is 102 cm³/mol. The molecule has 0 atom stereocenters. The topological polar surface area (TPSA) is 67.2 Å². The number of carbonyl (C=O) groups excluding carboxylic acids is 2. The van der Waals surface area contributed by atoms with Gasteiger partial charge in [0, 0.05) is 23.8 Å². The van der Waals surface area contributed by atoms with E-state index in [2.05, 4.69) is 10.4 Å². The molecule has 2 rings (SSSR count). The van der Waals surface area contributed by atoms with E-state index >= 15 is 0 Å². The third kappa shape index (κ3) is 4.71. The SMILES string of the molecule is CCN(CC(=O)NC(C)C)C(=O)Cc1c(C)nn(-c2ccccc2)c1C. The van der Waals surface area contributed by atoms with E-state index in [1.807, 2.05) is 69.6 Å². The van der Waals surface area contributed by atoms with Crippen LogP contribution in [0.25, 0.3) is 5.69 Å². The number of aromatic nitrogens is 2. The summed E-state index contributed by atoms with van der Waals surface area (Å²) >= 11 is 0. The maximum atomic E-state index is 12.7. The van der Waals surface area contributed by atoms with E-state index in [0.29, 0.717) is 6.54 Å². The van der Waals surface area contributed by atoms with Gasteiger partial charge in [0.15, 0.2) is 0 Å². The number of carbonyl (C=O) groups is 2. The maximum absolute atomic E-state index is 12.7. The summed E-state index contributed by atoms with van der Waals surface area (Å²) in [4.78, 5) is 26.3. The Kier molecular flexibility index (Phi) is 6.55. The van der Waals surface area contributed by atoms with Crippen molar-refractivity contribution in [3.05, 3.63) is 47.3 Å². The van der Waals surface area contributed by atoms with E-state index in [4.69, 9.17) is 0 Å². The number of amides is 2. The zero-order chi connectivity index (χ0) is 19.3. The minimum absolute atomic E-state index is 0.0601. The molecule has 1 aromatic carbocycles. The van der Waals surface area contributed by atoms with Crippen LogP contribution in [0.2, 0.25) is 0 Å². The fourth-order valence-electron chi connectivity index (χ4n) is 2.93. The fraction of sp³-hybridized carbons (Fsp3) is 0.450. The number of nitrogens with one attached hydrogen (secondary N) is 1. The Hall–Kier alpha value is -2.63. The number of hydrogen-bond donors (Lipinski definition) is 1. The molecule has 2 amide bonds. The number of nitrogens with zero attached hydrogens (tertiary/aromatic N) is 3. The van der Waals surface area contributed by atoms with Gasteiger partial charge in [0.2, 0.25) is 11.8 Å². The second-order valence-corrected chi connectivity index (χ2v) is 6.70. The van der Waals surface area contributed by atoms with Gasteiger partial charge in [-0.15, -0.1) is 0 Å². The Morgan fingerprint density at radius 3 is 2.42 bits per heavy atom. The Morgan fingerprint density at radius 1 is 1.19 bits per heavy atom.